The second kappa shape index (κ2) is 4.23. The second-order valence-corrected chi connectivity index (χ2v) is 3.64. The summed E-state index contributed by atoms with van der Waals surface area (Å²) in [5.74, 6) is -0.0669. The minimum atomic E-state index is -0.245. The fourth-order valence-corrected chi connectivity index (χ4v) is 1.42. The van der Waals surface area contributed by atoms with Crippen LogP contribution in [0.3, 0.4) is 0 Å². The Balaban J connectivity index is 2.24. The van der Waals surface area contributed by atoms with Gasteiger partial charge in [-0.05, 0) is 36.8 Å². The highest BCUT2D eigenvalue weighted by molar-refractivity contribution is 5.61. The van der Waals surface area contributed by atoms with Crippen LogP contribution >= 0.6 is 0 Å². The molecule has 0 aromatic heterocycles. The maximum Gasteiger partial charge on any atom is 0.128 e. The van der Waals surface area contributed by atoms with E-state index in [4.69, 9.17) is 0 Å². The van der Waals surface area contributed by atoms with Crippen LogP contribution in [0, 0.1) is 12.7 Å². The number of nitrogens with one attached hydrogen (secondary N) is 1. The van der Waals surface area contributed by atoms with Gasteiger partial charge in [0.1, 0.15) is 11.6 Å². The molecule has 0 amide bonds. The van der Waals surface area contributed by atoms with Gasteiger partial charge >= 0.3 is 0 Å². The van der Waals surface area contributed by atoms with Gasteiger partial charge in [0, 0.05) is 17.4 Å². The third kappa shape index (κ3) is 2.31. The Kier molecular flexibility index (Phi) is 2.77. The third-order valence-electron chi connectivity index (χ3n) is 2.31. The van der Waals surface area contributed by atoms with E-state index < -0.39 is 0 Å². The zero-order valence-corrected chi connectivity index (χ0v) is 8.87. The van der Waals surface area contributed by atoms with E-state index in [9.17, 15) is 9.50 Å². The van der Waals surface area contributed by atoms with E-state index in [0.29, 0.717) is 11.3 Å². The quantitative estimate of drug-likeness (QED) is 0.805. The van der Waals surface area contributed by atoms with Crippen LogP contribution in [0.25, 0.3) is 0 Å². The zero-order valence-electron chi connectivity index (χ0n) is 8.87. The number of rotatable bonds is 2. The number of aromatic hydroxyl groups is 1. The molecule has 2 aromatic rings. The van der Waals surface area contributed by atoms with E-state index in [1.54, 1.807) is 43.3 Å². The molecule has 0 atom stereocenters. The summed E-state index contributed by atoms with van der Waals surface area (Å²) in [6.07, 6.45) is 0. The first-order valence-corrected chi connectivity index (χ1v) is 4.97. The van der Waals surface area contributed by atoms with Crippen molar-refractivity contribution in [3.05, 3.63) is 53.8 Å². The summed E-state index contributed by atoms with van der Waals surface area (Å²) >= 11 is 0. The molecular formula is C13H12FNO. The molecule has 0 aliphatic rings. The van der Waals surface area contributed by atoms with Crippen molar-refractivity contribution in [2.75, 3.05) is 5.32 Å². The summed E-state index contributed by atoms with van der Waals surface area (Å²) in [4.78, 5) is 0. The Bertz CT molecular complexity index is 511. The first-order valence-electron chi connectivity index (χ1n) is 4.97. The summed E-state index contributed by atoms with van der Waals surface area (Å²) in [6, 6.07) is 11.6. The van der Waals surface area contributed by atoms with Gasteiger partial charge in [0.2, 0.25) is 0 Å². The van der Waals surface area contributed by atoms with Crippen LogP contribution in [0.2, 0.25) is 0 Å². The Hall–Kier alpha value is -2.03. The van der Waals surface area contributed by atoms with Crippen molar-refractivity contribution < 1.29 is 9.50 Å². The predicted molar refractivity (Wildman–Crippen MR) is 62.5 cm³/mol. The molecule has 0 spiro atoms. The smallest absolute Gasteiger partial charge is 0.128 e. The Morgan fingerprint density at radius 1 is 1.06 bits per heavy atom. The number of phenolic OH excluding ortho intramolecular Hbond substituents is 1. The summed E-state index contributed by atoms with van der Waals surface area (Å²) in [7, 11) is 0. The number of benzene rings is 2. The monoisotopic (exact) mass is 217 g/mol. The van der Waals surface area contributed by atoms with E-state index in [1.807, 2.05) is 0 Å². The number of aryl methyl sites for hydroxylation is 1. The minimum Gasteiger partial charge on any atom is -0.508 e. The molecular weight excluding hydrogens is 205 g/mol. The van der Waals surface area contributed by atoms with E-state index in [0.717, 1.165) is 5.69 Å². The van der Waals surface area contributed by atoms with E-state index in [1.165, 1.54) is 6.07 Å². The lowest BCUT2D eigenvalue weighted by molar-refractivity contribution is 0.475. The van der Waals surface area contributed by atoms with Crippen LogP contribution in [0.1, 0.15) is 5.56 Å². The molecule has 0 bridgehead atoms. The standard InChI is InChI=1S/C13H12FNO/c1-9-5-6-11(8-13(9)14)15-10-3-2-4-12(16)7-10/h2-8,15-16H,1H3. The lowest BCUT2D eigenvalue weighted by Crippen LogP contribution is -1.91. The second-order valence-electron chi connectivity index (χ2n) is 3.64. The number of hydrogen-bond donors (Lipinski definition) is 2. The van der Waals surface area contributed by atoms with Crippen LogP contribution in [0.15, 0.2) is 42.5 Å². The van der Waals surface area contributed by atoms with Crippen molar-refractivity contribution >= 4 is 11.4 Å². The maximum absolute atomic E-state index is 13.3. The normalized spacial score (nSPS) is 10.1. The van der Waals surface area contributed by atoms with E-state index in [-0.39, 0.29) is 11.6 Å². The molecule has 2 rings (SSSR count). The van der Waals surface area contributed by atoms with Crippen molar-refractivity contribution in [2.24, 2.45) is 0 Å². The number of halogens is 1. The molecule has 16 heavy (non-hydrogen) atoms. The molecule has 2 nitrogen and oxygen atoms in total. The average Bonchev–Trinajstić information content (AvgIpc) is 2.24. The number of phenols is 1. The molecule has 2 N–H and O–H groups in total. The van der Waals surface area contributed by atoms with Crippen LogP contribution in [-0.4, -0.2) is 5.11 Å². The molecule has 2 aromatic carbocycles. The van der Waals surface area contributed by atoms with Crippen LogP contribution in [0.5, 0.6) is 5.75 Å². The highest BCUT2D eigenvalue weighted by atomic mass is 19.1. The van der Waals surface area contributed by atoms with Gasteiger partial charge in [-0.3, -0.25) is 0 Å². The Labute approximate surface area is 93.4 Å². The van der Waals surface area contributed by atoms with Crippen molar-refractivity contribution in [2.45, 2.75) is 6.92 Å². The fourth-order valence-electron chi connectivity index (χ4n) is 1.42. The number of anilines is 2. The molecule has 0 heterocycles. The molecule has 0 aliphatic carbocycles. The minimum absolute atomic E-state index is 0.178. The fraction of sp³-hybridized carbons (Fsp3) is 0.0769. The van der Waals surface area contributed by atoms with Gasteiger partial charge in [0.05, 0.1) is 0 Å². The predicted octanol–water partition coefficient (Wildman–Crippen LogP) is 3.58. The topological polar surface area (TPSA) is 32.3 Å². The Morgan fingerprint density at radius 2 is 1.81 bits per heavy atom. The summed E-state index contributed by atoms with van der Waals surface area (Å²) in [5, 5.41) is 12.3. The lowest BCUT2D eigenvalue weighted by atomic mass is 10.2. The highest BCUT2D eigenvalue weighted by Crippen LogP contribution is 2.21. The largest absolute Gasteiger partial charge is 0.508 e. The molecule has 0 radical (unpaired) electrons. The van der Waals surface area contributed by atoms with Gasteiger partial charge in [-0.1, -0.05) is 12.1 Å². The van der Waals surface area contributed by atoms with Crippen molar-refractivity contribution in [1.82, 2.24) is 0 Å². The molecule has 0 fully saturated rings. The van der Waals surface area contributed by atoms with Crippen LogP contribution in [0.4, 0.5) is 15.8 Å². The molecule has 0 unspecified atom stereocenters. The maximum atomic E-state index is 13.3. The van der Waals surface area contributed by atoms with Crippen LogP contribution < -0.4 is 5.32 Å². The molecule has 3 heteroatoms. The Morgan fingerprint density at radius 3 is 2.50 bits per heavy atom. The van der Waals surface area contributed by atoms with Gasteiger partial charge in [-0.15, -0.1) is 0 Å². The van der Waals surface area contributed by atoms with Crippen molar-refractivity contribution in [1.29, 1.82) is 0 Å². The average molecular weight is 217 g/mol. The molecule has 0 aliphatic heterocycles. The SMILES string of the molecule is Cc1ccc(Nc2cccc(O)c2)cc1F. The van der Waals surface area contributed by atoms with Crippen molar-refractivity contribution in [3.63, 3.8) is 0 Å². The van der Waals surface area contributed by atoms with Gasteiger partial charge in [-0.2, -0.15) is 0 Å². The summed E-state index contributed by atoms with van der Waals surface area (Å²) in [6.45, 7) is 1.72. The van der Waals surface area contributed by atoms with Gasteiger partial charge in [0.15, 0.2) is 0 Å². The first-order chi connectivity index (χ1) is 7.65. The van der Waals surface area contributed by atoms with E-state index in [2.05, 4.69) is 5.32 Å². The molecule has 0 saturated carbocycles. The third-order valence-corrected chi connectivity index (χ3v) is 2.31. The summed E-state index contributed by atoms with van der Waals surface area (Å²) < 4.78 is 13.3. The van der Waals surface area contributed by atoms with Gasteiger partial charge in [-0.25, -0.2) is 4.39 Å². The van der Waals surface area contributed by atoms with Crippen LogP contribution in [-0.2, 0) is 0 Å². The van der Waals surface area contributed by atoms with Gasteiger partial charge in [0.25, 0.3) is 0 Å². The molecule has 82 valence electrons. The van der Waals surface area contributed by atoms with Gasteiger partial charge < -0.3 is 10.4 Å². The summed E-state index contributed by atoms with van der Waals surface area (Å²) in [5.41, 5.74) is 2.00. The van der Waals surface area contributed by atoms with Crippen molar-refractivity contribution in [3.8, 4) is 5.75 Å². The highest BCUT2D eigenvalue weighted by Gasteiger charge is 2.00. The lowest BCUT2D eigenvalue weighted by Gasteiger charge is -2.07. The number of hydrogen-bond acceptors (Lipinski definition) is 2. The first kappa shape index (κ1) is 10.5. The van der Waals surface area contributed by atoms with E-state index >= 15 is 0 Å². The zero-order chi connectivity index (χ0) is 11.5. The molecule has 0 saturated heterocycles.